The van der Waals surface area contributed by atoms with E-state index in [0.29, 0.717) is 46.6 Å². The maximum atomic E-state index is 13.4. The van der Waals surface area contributed by atoms with E-state index in [-0.39, 0.29) is 12.3 Å². The zero-order valence-corrected chi connectivity index (χ0v) is 22.9. The minimum Gasteiger partial charge on any atom is -0.497 e. The van der Waals surface area contributed by atoms with Crippen LogP contribution in [0.1, 0.15) is 45.0 Å². The number of carbonyl (C=O) groups excluding carboxylic acids is 1. The second-order valence-electron chi connectivity index (χ2n) is 9.26. The van der Waals surface area contributed by atoms with Gasteiger partial charge in [-0.25, -0.2) is 4.68 Å². The smallest absolute Gasteiger partial charge is 0.304 e. The summed E-state index contributed by atoms with van der Waals surface area (Å²) in [4.78, 5) is 27.2. The topological polar surface area (TPSA) is 107 Å². The number of halogens is 1. The van der Waals surface area contributed by atoms with E-state index in [1.807, 2.05) is 35.2 Å². The van der Waals surface area contributed by atoms with Gasteiger partial charge in [0.1, 0.15) is 22.5 Å². The Morgan fingerprint density at radius 2 is 1.95 bits per heavy atom. The lowest BCUT2D eigenvalue weighted by Crippen LogP contribution is -2.36. The van der Waals surface area contributed by atoms with Gasteiger partial charge in [-0.2, -0.15) is 0 Å². The van der Waals surface area contributed by atoms with Gasteiger partial charge in [0.05, 0.1) is 26.2 Å². The fourth-order valence-corrected chi connectivity index (χ4v) is 5.75. The molecule has 0 spiro atoms. The number of benzene rings is 3. The number of hydrogen-bond donors (Lipinski definition) is 1. The van der Waals surface area contributed by atoms with Crippen molar-refractivity contribution in [3.05, 3.63) is 80.8 Å². The highest BCUT2D eigenvalue weighted by molar-refractivity contribution is 9.10. The van der Waals surface area contributed by atoms with Crippen molar-refractivity contribution >= 4 is 38.8 Å². The van der Waals surface area contributed by atoms with E-state index in [0.717, 1.165) is 27.8 Å². The van der Waals surface area contributed by atoms with Gasteiger partial charge in [0.2, 0.25) is 0 Å². The van der Waals surface area contributed by atoms with Gasteiger partial charge in [0.25, 0.3) is 5.91 Å². The lowest BCUT2D eigenvalue weighted by atomic mass is 9.82. The van der Waals surface area contributed by atoms with Crippen LogP contribution in [0.15, 0.2) is 53.0 Å². The van der Waals surface area contributed by atoms with Gasteiger partial charge < -0.3 is 19.5 Å². The minimum absolute atomic E-state index is 0.0736. The van der Waals surface area contributed by atoms with Crippen LogP contribution in [-0.4, -0.2) is 57.6 Å². The Morgan fingerprint density at radius 3 is 2.66 bits per heavy atom. The molecule has 10 heteroatoms. The third-order valence-corrected chi connectivity index (χ3v) is 7.72. The van der Waals surface area contributed by atoms with E-state index in [4.69, 9.17) is 9.47 Å². The molecule has 0 fully saturated rings. The van der Waals surface area contributed by atoms with Crippen molar-refractivity contribution in [2.24, 2.45) is 7.05 Å². The molecule has 5 rings (SSSR count). The number of fused-ring (bicyclic) bond motifs is 2. The van der Waals surface area contributed by atoms with Crippen LogP contribution < -0.4 is 9.47 Å². The van der Waals surface area contributed by atoms with Gasteiger partial charge in [0, 0.05) is 30.5 Å². The molecular weight excluding hydrogens is 552 g/mol. The fraction of sp³-hybridized carbons (Fsp3) is 0.286. The van der Waals surface area contributed by atoms with Crippen LogP contribution in [0.2, 0.25) is 0 Å². The Bertz CT molecular complexity index is 1550. The molecule has 2 heterocycles. The van der Waals surface area contributed by atoms with Crippen molar-refractivity contribution in [2.45, 2.75) is 25.3 Å². The number of carboxylic acids is 1. The third kappa shape index (κ3) is 4.71. The molecule has 3 aromatic carbocycles. The Kier molecular flexibility index (Phi) is 7.07. The average Bonchev–Trinajstić information content (AvgIpc) is 3.30. The van der Waals surface area contributed by atoms with Gasteiger partial charge in [-0.3, -0.25) is 9.59 Å². The Labute approximate surface area is 228 Å². The standard InChI is InChI=1S/C28H27BrN4O5/c1-32-27-24(30-31-32)11-17(12-25(27)38-3)22(14-26(34)35)20-6-4-5-16-15-33(10-9-19(16)20)28(36)21-8-7-18(37-2)13-23(21)29/h4-8,11-13,22H,9-10,14-15H2,1-3H3,(H,34,35)/t22-/m1/s1. The predicted molar refractivity (Wildman–Crippen MR) is 145 cm³/mol. The van der Waals surface area contributed by atoms with Crippen molar-refractivity contribution in [3.63, 3.8) is 0 Å². The number of carbonyl (C=O) groups is 2. The maximum absolute atomic E-state index is 13.4. The van der Waals surface area contributed by atoms with Crippen molar-refractivity contribution < 1.29 is 24.2 Å². The Morgan fingerprint density at radius 1 is 1.13 bits per heavy atom. The molecule has 1 aromatic heterocycles. The van der Waals surface area contributed by atoms with Crippen molar-refractivity contribution in [3.8, 4) is 11.5 Å². The molecule has 0 radical (unpaired) electrons. The molecular formula is C28H27BrN4O5. The fourth-order valence-electron chi connectivity index (χ4n) is 5.22. The van der Waals surface area contributed by atoms with E-state index < -0.39 is 11.9 Å². The van der Waals surface area contributed by atoms with Crippen LogP contribution in [0.25, 0.3) is 11.0 Å². The van der Waals surface area contributed by atoms with Crippen molar-refractivity contribution in [1.82, 2.24) is 19.9 Å². The quantitative estimate of drug-likeness (QED) is 0.342. The molecule has 38 heavy (non-hydrogen) atoms. The van der Waals surface area contributed by atoms with Crippen LogP contribution in [0, 0.1) is 0 Å². The summed E-state index contributed by atoms with van der Waals surface area (Å²) < 4.78 is 13.2. The highest BCUT2D eigenvalue weighted by atomic mass is 79.9. The lowest BCUT2D eigenvalue weighted by Gasteiger charge is -2.32. The first-order chi connectivity index (χ1) is 18.3. The number of aromatic nitrogens is 3. The van der Waals surface area contributed by atoms with Gasteiger partial charge in [-0.15, -0.1) is 5.10 Å². The number of aliphatic carboxylic acids is 1. The van der Waals surface area contributed by atoms with E-state index in [2.05, 4.69) is 26.2 Å². The number of rotatable bonds is 7. The van der Waals surface area contributed by atoms with Crippen LogP contribution in [0.3, 0.4) is 0 Å². The summed E-state index contributed by atoms with van der Waals surface area (Å²) in [6.07, 6.45) is 0.526. The van der Waals surface area contributed by atoms with Crippen LogP contribution >= 0.6 is 15.9 Å². The van der Waals surface area contributed by atoms with Gasteiger partial charge in [-0.05, 0) is 74.9 Å². The van der Waals surface area contributed by atoms with Crippen LogP contribution in [-0.2, 0) is 24.8 Å². The van der Waals surface area contributed by atoms with Crippen molar-refractivity contribution in [2.75, 3.05) is 20.8 Å². The number of hydrogen-bond acceptors (Lipinski definition) is 6. The number of aryl methyl sites for hydroxylation is 1. The van der Waals surface area contributed by atoms with Gasteiger partial charge >= 0.3 is 5.97 Å². The Balaban J connectivity index is 1.51. The highest BCUT2D eigenvalue weighted by Gasteiger charge is 2.29. The molecule has 0 saturated heterocycles. The second-order valence-corrected chi connectivity index (χ2v) is 10.1. The largest absolute Gasteiger partial charge is 0.497 e. The number of carboxylic acid groups (broad SMARTS) is 1. The minimum atomic E-state index is -0.900. The molecule has 1 aliphatic rings. The van der Waals surface area contributed by atoms with E-state index >= 15 is 0 Å². The summed E-state index contributed by atoms with van der Waals surface area (Å²) in [7, 11) is 4.95. The zero-order valence-electron chi connectivity index (χ0n) is 21.3. The molecule has 1 amide bonds. The molecule has 0 unspecified atom stereocenters. The summed E-state index contributed by atoms with van der Waals surface area (Å²) in [6.45, 7) is 0.959. The number of nitrogens with zero attached hydrogens (tertiary/aromatic N) is 4. The summed E-state index contributed by atoms with van der Waals surface area (Å²) in [6, 6.07) is 15.0. The van der Waals surface area contributed by atoms with Crippen molar-refractivity contribution in [1.29, 1.82) is 0 Å². The lowest BCUT2D eigenvalue weighted by molar-refractivity contribution is -0.137. The van der Waals surface area contributed by atoms with Crippen LogP contribution in [0.4, 0.5) is 0 Å². The highest BCUT2D eigenvalue weighted by Crippen LogP contribution is 2.38. The van der Waals surface area contributed by atoms with E-state index in [1.165, 1.54) is 0 Å². The molecule has 196 valence electrons. The first kappa shape index (κ1) is 25.7. The summed E-state index contributed by atoms with van der Waals surface area (Å²) >= 11 is 3.49. The zero-order chi connectivity index (χ0) is 27.0. The maximum Gasteiger partial charge on any atom is 0.304 e. The predicted octanol–water partition coefficient (Wildman–Crippen LogP) is 4.55. The molecule has 0 saturated carbocycles. The van der Waals surface area contributed by atoms with E-state index in [1.54, 1.807) is 44.1 Å². The average molecular weight is 579 g/mol. The van der Waals surface area contributed by atoms with E-state index in [9.17, 15) is 14.7 Å². The first-order valence-electron chi connectivity index (χ1n) is 12.1. The van der Waals surface area contributed by atoms with Gasteiger partial charge in [0.15, 0.2) is 0 Å². The first-order valence-corrected chi connectivity index (χ1v) is 12.9. The van der Waals surface area contributed by atoms with Gasteiger partial charge in [-0.1, -0.05) is 23.4 Å². The summed E-state index contributed by atoms with van der Waals surface area (Å²) in [5.74, 6) is -0.131. The molecule has 1 N–H and O–H groups in total. The molecule has 0 aliphatic carbocycles. The molecule has 0 bridgehead atoms. The Hall–Kier alpha value is -3.92. The third-order valence-electron chi connectivity index (χ3n) is 7.06. The monoisotopic (exact) mass is 578 g/mol. The number of amides is 1. The number of ether oxygens (including phenoxy) is 2. The molecule has 1 aliphatic heterocycles. The SMILES string of the molecule is COc1ccc(C(=O)N2CCc3c(cccc3[C@H](CC(=O)O)c3cc(OC)c4c(c3)nnn4C)C2)c(Br)c1. The number of methoxy groups -OCH3 is 2. The summed E-state index contributed by atoms with van der Waals surface area (Å²) in [5, 5.41) is 18.2. The summed E-state index contributed by atoms with van der Waals surface area (Å²) in [5.41, 5.74) is 5.78. The second kappa shape index (κ2) is 10.4. The van der Waals surface area contributed by atoms with Crippen LogP contribution in [0.5, 0.6) is 11.5 Å². The molecule has 9 nitrogen and oxygen atoms in total. The molecule has 1 atom stereocenters. The normalized spacial score (nSPS) is 13.7. The molecule has 4 aromatic rings.